The Balaban J connectivity index is 2.15. The fourth-order valence-electron chi connectivity index (χ4n) is 3.45. The Kier molecular flexibility index (Phi) is 5.43. The zero-order valence-corrected chi connectivity index (χ0v) is 17.4. The molecule has 0 radical (unpaired) electrons. The van der Waals surface area contributed by atoms with Crippen LogP contribution < -0.4 is 15.9 Å². The summed E-state index contributed by atoms with van der Waals surface area (Å²) in [6, 6.07) is 41.2. The van der Waals surface area contributed by atoms with Gasteiger partial charge in [-0.05, 0) is 40.2 Å². The molecule has 0 saturated heterocycles. The third-order valence-electron chi connectivity index (χ3n) is 4.73. The van der Waals surface area contributed by atoms with E-state index in [4.69, 9.17) is 0 Å². The van der Waals surface area contributed by atoms with E-state index in [1.807, 2.05) is 0 Å². The van der Waals surface area contributed by atoms with Gasteiger partial charge in [0.2, 0.25) is 0 Å². The summed E-state index contributed by atoms with van der Waals surface area (Å²) in [4.78, 5) is 0. The maximum Gasteiger partial charge on any atom is 0.0248 e. The van der Waals surface area contributed by atoms with Crippen LogP contribution in [-0.2, 0) is 0 Å². The van der Waals surface area contributed by atoms with E-state index >= 15 is 0 Å². The van der Waals surface area contributed by atoms with Crippen LogP contribution in [0.1, 0.15) is 5.56 Å². The first-order chi connectivity index (χ1) is 13.3. The monoisotopic (exact) mass is 430 g/mol. The molecule has 0 heterocycles. The molecule has 0 aliphatic rings. The SMILES string of the molecule is Brc1ccccc1C=P(c1ccccc1)(c1ccccc1)c1ccccc1. The molecule has 0 unspecified atom stereocenters. The fourth-order valence-corrected chi connectivity index (χ4v) is 7.94. The average Bonchev–Trinajstić information content (AvgIpc) is 2.75. The third-order valence-corrected chi connectivity index (χ3v) is 9.45. The Hall–Kier alpha value is -2.34. The first-order valence-electron chi connectivity index (χ1n) is 8.97. The maximum absolute atomic E-state index is 3.75. The Labute approximate surface area is 169 Å². The molecular weight excluding hydrogens is 411 g/mol. The van der Waals surface area contributed by atoms with Crippen LogP contribution in [0.25, 0.3) is 0 Å². The van der Waals surface area contributed by atoms with Gasteiger partial charge in [0.05, 0.1) is 0 Å². The lowest BCUT2D eigenvalue weighted by atomic mass is 10.2. The van der Waals surface area contributed by atoms with Crippen molar-refractivity contribution >= 4 is 44.5 Å². The van der Waals surface area contributed by atoms with Crippen LogP contribution >= 0.6 is 22.8 Å². The number of benzene rings is 4. The molecule has 0 aromatic heterocycles. The molecule has 0 atom stereocenters. The van der Waals surface area contributed by atoms with E-state index in [1.54, 1.807) is 0 Å². The van der Waals surface area contributed by atoms with E-state index < -0.39 is 6.89 Å². The summed E-state index contributed by atoms with van der Waals surface area (Å²) in [6.45, 7) is -1.96. The van der Waals surface area contributed by atoms with Crippen molar-refractivity contribution in [1.82, 2.24) is 0 Å². The minimum Gasteiger partial charge on any atom is -0.0622 e. The summed E-state index contributed by atoms with van der Waals surface area (Å²) in [7, 11) is 0. The van der Waals surface area contributed by atoms with Crippen molar-refractivity contribution in [2.24, 2.45) is 0 Å². The van der Waals surface area contributed by atoms with E-state index in [2.05, 4.69) is 137 Å². The number of hydrogen-bond donors (Lipinski definition) is 0. The van der Waals surface area contributed by atoms with Gasteiger partial charge in [0.15, 0.2) is 0 Å². The number of halogens is 1. The highest BCUT2D eigenvalue weighted by Gasteiger charge is 2.25. The van der Waals surface area contributed by atoms with Gasteiger partial charge in [0.1, 0.15) is 0 Å². The van der Waals surface area contributed by atoms with Gasteiger partial charge in [-0.25, -0.2) is 0 Å². The van der Waals surface area contributed by atoms with Gasteiger partial charge in [0.25, 0.3) is 0 Å². The molecule has 0 nitrogen and oxygen atoms in total. The molecule has 0 amide bonds. The van der Waals surface area contributed by atoms with E-state index in [1.165, 1.54) is 21.5 Å². The van der Waals surface area contributed by atoms with Gasteiger partial charge >= 0.3 is 0 Å². The van der Waals surface area contributed by atoms with Crippen LogP contribution in [0.3, 0.4) is 0 Å². The second-order valence-electron chi connectivity index (χ2n) is 6.38. The summed E-state index contributed by atoms with van der Waals surface area (Å²) >= 11 is 3.75. The second-order valence-corrected chi connectivity index (χ2v) is 10.5. The molecule has 4 rings (SSSR count). The largest absolute Gasteiger partial charge is 0.0622 e. The van der Waals surface area contributed by atoms with Crippen LogP contribution in [0.4, 0.5) is 0 Å². The summed E-state index contributed by atoms with van der Waals surface area (Å²) < 4.78 is 1.12. The third kappa shape index (κ3) is 3.58. The van der Waals surface area contributed by atoms with Crippen molar-refractivity contribution in [2.45, 2.75) is 0 Å². The summed E-state index contributed by atoms with van der Waals surface area (Å²) in [5.41, 5.74) is 1.22. The second kappa shape index (κ2) is 8.13. The average molecular weight is 431 g/mol. The van der Waals surface area contributed by atoms with Crippen molar-refractivity contribution < 1.29 is 0 Å². The highest BCUT2D eigenvalue weighted by atomic mass is 79.9. The van der Waals surface area contributed by atoms with Crippen LogP contribution in [0.2, 0.25) is 0 Å². The standard InChI is InChI=1S/C25H20BrP/c26-25-19-11-10-12-21(25)20-27(22-13-4-1-5-14-22,23-15-6-2-7-16-23)24-17-8-3-9-18-24/h1-20H. The molecule has 0 saturated carbocycles. The molecule has 0 spiro atoms. The lowest BCUT2D eigenvalue weighted by Gasteiger charge is -2.29. The zero-order valence-electron chi connectivity index (χ0n) is 14.9. The van der Waals surface area contributed by atoms with E-state index in [0.717, 1.165) is 4.47 Å². The number of hydrogen-bond acceptors (Lipinski definition) is 0. The molecular formula is C25H20BrP. The van der Waals surface area contributed by atoms with E-state index in [9.17, 15) is 0 Å². The van der Waals surface area contributed by atoms with Gasteiger partial charge in [-0.2, -0.15) is 0 Å². The molecule has 27 heavy (non-hydrogen) atoms. The van der Waals surface area contributed by atoms with Gasteiger partial charge < -0.3 is 0 Å². The molecule has 0 bridgehead atoms. The van der Waals surface area contributed by atoms with Gasteiger partial charge in [-0.15, -0.1) is 0 Å². The highest BCUT2D eigenvalue weighted by Crippen LogP contribution is 2.44. The molecule has 4 aromatic rings. The summed E-state index contributed by atoms with van der Waals surface area (Å²) in [5.74, 6) is 2.48. The molecule has 0 aliphatic heterocycles. The summed E-state index contributed by atoms with van der Waals surface area (Å²) in [5, 5.41) is 4.08. The normalized spacial score (nSPS) is 11.1. The quantitative estimate of drug-likeness (QED) is 0.370. The Morgan fingerprint density at radius 2 is 0.852 bits per heavy atom. The van der Waals surface area contributed by atoms with Crippen LogP contribution in [0, 0.1) is 0 Å². The summed E-state index contributed by atoms with van der Waals surface area (Å²) in [6.07, 6.45) is 0. The van der Waals surface area contributed by atoms with E-state index in [0.29, 0.717) is 0 Å². The molecule has 0 aliphatic carbocycles. The highest BCUT2D eigenvalue weighted by molar-refractivity contribution is 9.10. The fraction of sp³-hybridized carbons (Fsp3) is 0. The van der Waals surface area contributed by atoms with Crippen LogP contribution in [0.15, 0.2) is 120 Å². The van der Waals surface area contributed by atoms with Gasteiger partial charge in [0, 0.05) is 4.47 Å². The van der Waals surface area contributed by atoms with E-state index in [-0.39, 0.29) is 0 Å². The van der Waals surface area contributed by atoms with Crippen molar-refractivity contribution in [2.75, 3.05) is 0 Å². The van der Waals surface area contributed by atoms with Crippen molar-refractivity contribution in [3.05, 3.63) is 125 Å². The van der Waals surface area contributed by atoms with Gasteiger partial charge in [-0.3, -0.25) is 0 Å². The Bertz CT molecular complexity index is 967. The predicted octanol–water partition coefficient (Wildman–Crippen LogP) is 5.59. The lowest BCUT2D eigenvalue weighted by Crippen LogP contribution is -2.27. The molecule has 2 heteroatoms. The van der Waals surface area contributed by atoms with Crippen LogP contribution in [-0.4, -0.2) is 5.80 Å². The van der Waals surface area contributed by atoms with Crippen molar-refractivity contribution in [1.29, 1.82) is 0 Å². The Morgan fingerprint density at radius 3 is 1.26 bits per heavy atom. The lowest BCUT2D eigenvalue weighted by molar-refractivity contribution is 1.63. The maximum atomic E-state index is 3.75. The minimum atomic E-state index is -1.96. The predicted molar refractivity (Wildman–Crippen MR) is 124 cm³/mol. The van der Waals surface area contributed by atoms with Crippen molar-refractivity contribution in [3.8, 4) is 0 Å². The van der Waals surface area contributed by atoms with Crippen LogP contribution in [0.5, 0.6) is 0 Å². The Morgan fingerprint density at radius 1 is 0.481 bits per heavy atom. The molecule has 4 aromatic carbocycles. The topological polar surface area (TPSA) is 0 Å². The smallest absolute Gasteiger partial charge is 0.0248 e. The van der Waals surface area contributed by atoms with Crippen molar-refractivity contribution in [3.63, 3.8) is 0 Å². The first kappa shape index (κ1) is 18.0. The molecule has 0 N–H and O–H groups in total. The number of rotatable bonds is 4. The minimum absolute atomic E-state index is 1.12. The zero-order chi connectivity index (χ0) is 18.5. The first-order valence-corrected chi connectivity index (χ1v) is 11.6. The molecule has 132 valence electrons. The van der Waals surface area contributed by atoms with Gasteiger partial charge in [-0.1, -0.05) is 125 Å². The molecule has 0 fully saturated rings.